The Labute approximate surface area is 450 Å². The third-order valence-corrected chi connectivity index (χ3v) is 15.5. The fraction of sp³-hybridized carbons (Fsp3) is 0.439. The second kappa shape index (κ2) is 30.5. The molecule has 1 heterocycles. The maximum absolute atomic E-state index is 13.7. The van der Waals surface area contributed by atoms with Crippen LogP contribution in [0, 0.1) is 35.0 Å². The maximum atomic E-state index is 13.7. The summed E-state index contributed by atoms with van der Waals surface area (Å²) in [7, 11) is 1.16. The van der Waals surface area contributed by atoms with Gasteiger partial charge >= 0.3 is 41.8 Å². The lowest BCUT2D eigenvalue weighted by molar-refractivity contribution is -0.145. The molecule has 2 fully saturated rings. The smallest absolute Gasteiger partial charge is 0.350 e. The molecule has 17 nitrogen and oxygen atoms in total. The third kappa shape index (κ3) is 17.8. The lowest BCUT2D eigenvalue weighted by atomic mass is 9.82. The predicted molar refractivity (Wildman–Crippen MR) is 279 cm³/mol. The SMILES string of the molecule is C=CC(=O)OCCCCCCOc1ccc(OC(=O)C2CCC(C(=O)Oc3ccc(OC(=O)C4CCC(C(=O)Oc5ccc(OCCCCCCOC(=O)C=C)cc5)CC4)c4c3SC(=C(C#N)C(=O)OC)S4)CC2)cc1. The molecule has 0 amide bonds. The molecular weight excluding hydrogens is 1020 g/mol. The van der Waals surface area contributed by atoms with Crippen LogP contribution in [0.4, 0.5) is 0 Å². The number of carbonyl (C=O) groups excluding carboxylic acids is 7. The molecular formula is C57H63NO16S2. The van der Waals surface area contributed by atoms with Crippen molar-refractivity contribution in [1.82, 2.24) is 0 Å². The van der Waals surface area contributed by atoms with Crippen LogP contribution in [0.15, 0.2) is 106 Å². The normalized spacial score (nSPS) is 17.6. The van der Waals surface area contributed by atoms with Crippen LogP contribution in [0.1, 0.15) is 103 Å². The second-order valence-corrected chi connectivity index (χ2v) is 20.5. The summed E-state index contributed by atoms with van der Waals surface area (Å²) in [5.41, 5.74) is -0.261. The standard InChI is InChI=1S/C57H63NO16S2/c1-4-48(59)69-34-12-8-6-10-32-67-41-22-26-43(27-23-41)71-52(61)37-14-18-39(19-15-37)54(63)73-46-30-31-47(51-50(46)75-57(76-51)45(36-58)56(65)66-3)74-55(64)40-20-16-38(17-21-40)53(62)72-44-28-24-42(25-29-44)68-33-11-7-9-13-35-70-49(60)5-2/h4-5,22-31,37-40H,1-2,6-21,32-35H2,3H3. The summed E-state index contributed by atoms with van der Waals surface area (Å²) in [6, 6.07) is 18.5. The van der Waals surface area contributed by atoms with Crippen molar-refractivity contribution in [1.29, 1.82) is 5.26 Å². The van der Waals surface area contributed by atoms with Crippen LogP contribution in [-0.2, 0) is 47.8 Å². The molecule has 76 heavy (non-hydrogen) atoms. The summed E-state index contributed by atoms with van der Waals surface area (Å²) in [4.78, 5) is 89.2. The van der Waals surface area contributed by atoms with E-state index in [0.29, 0.717) is 111 Å². The fourth-order valence-electron chi connectivity index (χ4n) is 8.54. The zero-order valence-corrected chi connectivity index (χ0v) is 44.2. The number of methoxy groups -OCH3 is 1. The van der Waals surface area contributed by atoms with Gasteiger partial charge in [0.15, 0.2) is 5.57 Å². The number of esters is 7. The minimum Gasteiger partial charge on any atom is -0.494 e. The minimum absolute atomic E-state index is 0.155. The number of hydrogen-bond donors (Lipinski definition) is 0. The van der Waals surface area contributed by atoms with Gasteiger partial charge in [0.2, 0.25) is 0 Å². The van der Waals surface area contributed by atoms with Crippen LogP contribution in [0.2, 0.25) is 0 Å². The summed E-state index contributed by atoms with van der Waals surface area (Å²) in [5.74, 6) is -3.02. The molecule has 6 rings (SSSR count). The Hall–Kier alpha value is -7.04. The molecule has 0 saturated heterocycles. The van der Waals surface area contributed by atoms with Crippen molar-refractivity contribution in [3.05, 3.63) is 95.8 Å². The summed E-state index contributed by atoms with van der Waals surface area (Å²) < 4.78 is 50.0. The Morgan fingerprint density at radius 2 is 0.829 bits per heavy atom. The van der Waals surface area contributed by atoms with Gasteiger partial charge in [-0.3, -0.25) is 19.2 Å². The Morgan fingerprint density at radius 1 is 0.500 bits per heavy atom. The largest absolute Gasteiger partial charge is 0.494 e. The zero-order chi connectivity index (χ0) is 54.2. The number of rotatable bonds is 27. The van der Waals surface area contributed by atoms with Gasteiger partial charge in [0.1, 0.15) is 40.6 Å². The topological polar surface area (TPSA) is 226 Å². The van der Waals surface area contributed by atoms with Crippen LogP contribution in [0.3, 0.4) is 0 Å². The van der Waals surface area contributed by atoms with Crippen molar-refractivity contribution in [2.75, 3.05) is 33.5 Å². The van der Waals surface area contributed by atoms with Crippen LogP contribution in [-0.4, -0.2) is 75.3 Å². The molecule has 0 unspecified atom stereocenters. The van der Waals surface area contributed by atoms with E-state index < -0.39 is 65.5 Å². The number of nitrogens with zero attached hydrogens (tertiary/aromatic N) is 1. The molecule has 2 saturated carbocycles. The fourth-order valence-corrected chi connectivity index (χ4v) is 11.1. The van der Waals surface area contributed by atoms with E-state index in [0.717, 1.165) is 94.2 Å². The van der Waals surface area contributed by atoms with Gasteiger partial charge in [-0.2, -0.15) is 5.26 Å². The van der Waals surface area contributed by atoms with Crippen molar-refractivity contribution < 1.29 is 76.2 Å². The highest BCUT2D eigenvalue weighted by Crippen LogP contribution is 2.59. The molecule has 0 aromatic heterocycles. The molecule has 3 aliphatic rings. The Bertz CT molecular complexity index is 2450. The van der Waals surface area contributed by atoms with Crippen molar-refractivity contribution in [3.63, 3.8) is 0 Å². The average molecular weight is 1080 g/mol. The molecule has 2 aliphatic carbocycles. The van der Waals surface area contributed by atoms with Crippen molar-refractivity contribution in [3.8, 4) is 40.6 Å². The molecule has 1 aliphatic heterocycles. The number of ether oxygens (including phenoxy) is 9. The van der Waals surface area contributed by atoms with Gasteiger partial charge in [-0.25, -0.2) is 14.4 Å². The zero-order valence-electron chi connectivity index (χ0n) is 42.6. The maximum Gasteiger partial charge on any atom is 0.350 e. The van der Waals surface area contributed by atoms with Gasteiger partial charge in [0.05, 0.1) is 71.2 Å². The van der Waals surface area contributed by atoms with Gasteiger partial charge in [-0.05, 0) is 163 Å². The second-order valence-electron chi connectivity index (χ2n) is 18.2. The number of fused-ring (bicyclic) bond motifs is 1. The van der Waals surface area contributed by atoms with Gasteiger partial charge < -0.3 is 42.6 Å². The monoisotopic (exact) mass is 1080 g/mol. The van der Waals surface area contributed by atoms with E-state index in [1.807, 2.05) is 6.07 Å². The van der Waals surface area contributed by atoms with E-state index >= 15 is 0 Å². The Balaban J connectivity index is 0.949. The first-order chi connectivity index (χ1) is 36.9. The summed E-state index contributed by atoms with van der Waals surface area (Å²) in [5, 5.41) is 9.90. The number of carbonyl (C=O) groups is 7. The van der Waals surface area contributed by atoms with Crippen molar-refractivity contribution in [2.24, 2.45) is 23.7 Å². The molecule has 0 bridgehead atoms. The number of hydrogen-bond acceptors (Lipinski definition) is 19. The summed E-state index contributed by atoms with van der Waals surface area (Å²) in [6.45, 7) is 8.50. The summed E-state index contributed by atoms with van der Waals surface area (Å²) >= 11 is 2.06. The predicted octanol–water partition coefficient (Wildman–Crippen LogP) is 10.8. The highest BCUT2D eigenvalue weighted by molar-refractivity contribution is 8.24. The quantitative estimate of drug-likeness (QED) is 0.0173. The summed E-state index contributed by atoms with van der Waals surface area (Å²) in [6.07, 6.45) is 12.3. The van der Waals surface area contributed by atoms with Crippen molar-refractivity contribution >= 4 is 65.3 Å². The first-order valence-electron chi connectivity index (χ1n) is 25.6. The molecule has 0 N–H and O–H groups in total. The van der Waals surface area contributed by atoms with Crippen LogP contribution in [0.25, 0.3) is 0 Å². The first-order valence-corrected chi connectivity index (χ1v) is 27.2. The van der Waals surface area contributed by atoms with E-state index in [1.54, 1.807) is 48.5 Å². The highest BCUT2D eigenvalue weighted by atomic mass is 32.2. The van der Waals surface area contributed by atoms with Gasteiger partial charge in [0, 0.05) is 12.2 Å². The van der Waals surface area contributed by atoms with Crippen LogP contribution < -0.4 is 28.4 Å². The third-order valence-electron chi connectivity index (χ3n) is 12.9. The van der Waals surface area contributed by atoms with Crippen molar-refractivity contribution in [2.45, 2.75) is 113 Å². The lowest BCUT2D eigenvalue weighted by Crippen LogP contribution is -2.30. The molecule has 0 spiro atoms. The lowest BCUT2D eigenvalue weighted by Gasteiger charge is -2.26. The molecule has 3 aromatic carbocycles. The van der Waals surface area contributed by atoms with Gasteiger partial charge in [-0.15, -0.1) is 0 Å². The van der Waals surface area contributed by atoms with Gasteiger partial charge in [-0.1, -0.05) is 36.7 Å². The molecule has 0 atom stereocenters. The minimum atomic E-state index is -0.854. The van der Waals surface area contributed by atoms with E-state index in [2.05, 4.69) is 13.2 Å². The molecule has 404 valence electrons. The number of thioether (sulfide) groups is 2. The average Bonchev–Trinajstić information content (AvgIpc) is 3.90. The van der Waals surface area contributed by atoms with E-state index in [-0.39, 0.29) is 21.3 Å². The Morgan fingerprint density at radius 3 is 1.16 bits per heavy atom. The van der Waals surface area contributed by atoms with E-state index in [9.17, 15) is 38.8 Å². The Kier molecular flexibility index (Phi) is 23.4. The number of benzene rings is 3. The highest BCUT2D eigenvalue weighted by Gasteiger charge is 2.37. The van der Waals surface area contributed by atoms with Crippen LogP contribution >= 0.6 is 23.5 Å². The van der Waals surface area contributed by atoms with Crippen LogP contribution in [0.5, 0.6) is 34.5 Å². The molecule has 0 radical (unpaired) electrons. The first kappa shape index (κ1) is 58.2. The van der Waals surface area contributed by atoms with Gasteiger partial charge in [0.25, 0.3) is 0 Å². The van der Waals surface area contributed by atoms with E-state index in [4.69, 9.17) is 42.6 Å². The number of nitriles is 1. The van der Waals surface area contributed by atoms with E-state index in [1.165, 1.54) is 12.1 Å². The molecule has 19 heteroatoms. The number of unbranched alkanes of at least 4 members (excludes halogenated alkanes) is 6. The molecule has 3 aromatic rings.